The van der Waals surface area contributed by atoms with E-state index in [9.17, 15) is 9.59 Å². The van der Waals surface area contributed by atoms with Gasteiger partial charge in [-0.05, 0) is 56.4 Å². The van der Waals surface area contributed by atoms with Gasteiger partial charge in [-0.2, -0.15) is 0 Å². The highest BCUT2D eigenvalue weighted by Gasteiger charge is 2.21. The molecule has 2 aromatic carbocycles. The highest BCUT2D eigenvalue weighted by molar-refractivity contribution is 6.02. The van der Waals surface area contributed by atoms with Gasteiger partial charge in [-0.25, -0.2) is 0 Å². The molecule has 1 aliphatic heterocycles. The molecule has 172 valence electrons. The van der Waals surface area contributed by atoms with Crippen molar-refractivity contribution in [1.29, 1.82) is 0 Å². The number of rotatable bonds is 10. The van der Waals surface area contributed by atoms with Gasteiger partial charge in [-0.15, -0.1) is 0 Å². The Bertz CT molecular complexity index is 876. The van der Waals surface area contributed by atoms with Crippen molar-refractivity contribution >= 4 is 23.2 Å². The lowest BCUT2D eigenvalue weighted by molar-refractivity contribution is -0.116. The van der Waals surface area contributed by atoms with Crippen LogP contribution >= 0.6 is 0 Å². The van der Waals surface area contributed by atoms with E-state index in [0.717, 1.165) is 62.9 Å². The fourth-order valence-corrected chi connectivity index (χ4v) is 4.24. The number of anilines is 2. The van der Waals surface area contributed by atoms with Crippen molar-refractivity contribution in [1.82, 2.24) is 5.32 Å². The smallest absolute Gasteiger partial charge is 0.253 e. The summed E-state index contributed by atoms with van der Waals surface area (Å²) in [5.74, 6) is -0.100. The molecule has 32 heavy (non-hydrogen) atoms. The fraction of sp³-hybridized carbons (Fsp3) is 0.481. The molecule has 0 bridgehead atoms. The molecule has 5 nitrogen and oxygen atoms in total. The lowest BCUT2D eigenvalue weighted by Gasteiger charge is -2.31. The Morgan fingerprint density at radius 3 is 2.44 bits per heavy atom. The van der Waals surface area contributed by atoms with Gasteiger partial charge in [-0.1, -0.05) is 56.5 Å². The largest absolute Gasteiger partial charge is 0.371 e. The summed E-state index contributed by atoms with van der Waals surface area (Å²) in [6.45, 7) is 6.07. The van der Waals surface area contributed by atoms with Crippen LogP contribution < -0.4 is 15.5 Å². The molecule has 2 amide bonds. The van der Waals surface area contributed by atoms with Crippen LogP contribution in [-0.2, 0) is 4.79 Å². The maximum Gasteiger partial charge on any atom is 0.253 e. The highest BCUT2D eigenvalue weighted by Crippen LogP contribution is 2.28. The summed E-state index contributed by atoms with van der Waals surface area (Å²) in [6.07, 6.45) is 8.29. The van der Waals surface area contributed by atoms with E-state index in [1.54, 1.807) is 0 Å². The number of amides is 2. The van der Waals surface area contributed by atoms with Crippen LogP contribution in [0.15, 0.2) is 48.5 Å². The number of benzene rings is 2. The second-order valence-corrected chi connectivity index (χ2v) is 8.74. The second kappa shape index (κ2) is 12.3. The Kier molecular flexibility index (Phi) is 9.14. The zero-order valence-corrected chi connectivity index (χ0v) is 19.5. The van der Waals surface area contributed by atoms with Crippen LogP contribution in [0.2, 0.25) is 0 Å². The quantitative estimate of drug-likeness (QED) is 0.445. The van der Waals surface area contributed by atoms with Crippen molar-refractivity contribution in [3.63, 3.8) is 0 Å². The minimum Gasteiger partial charge on any atom is -0.371 e. The molecule has 0 radical (unpaired) electrons. The van der Waals surface area contributed by atoms with Crippen LogP contribution in [0.4, 0.5) is 11.4 Å². The summed E-state index contributed by atoms with van der Waals surface area (Å²) in [5, 5.41) is 6.13. The van der Waals surface area contributed by atoms with Gasteiger partial charge < -0.3 is 15.5 Å². The number of nitrogens with zero attached hydrogens (tertiary/aromatic N) is 1. The van der Waals surface area contributed by atoms with Crippen LogP contribution in [0.1, 0.15) is 87.2 Å². The molecular weight excluding hydrogens is 398 g/mol. The maximum atomic E-state index is 13.3. The van der Waals surface area contributed by atoms with Crippen LogP contribution in [0.25, 0.3) is 0 Å². The first-order valence-corrected chi connectivity index (χ1v) is 12.1. The van der Waals surface area contributed by atoms with E-state index in [-0.39, 0.29) is 17.9 Å². The Labute approximate surface area is 192 Å². The van der Waals surface area contributed by atoms with Gasteiger partial charge in [0.1, 0.15) is 0 Å². The molecule has 0 spiro atoms. The third kappa shape index (κ3) is 6.84. The van der Waals surface area contributed by atoms with Crippen molar-refractivity contribution in [2.75, 3.05) is 23.3 Å². The summed E-state index contributed by atoms with van der Waals surface area (Å²) in [5.41, 5.74) is 3.32. The lowest BCUT2D eigenvalue weighted by Crippen LogP contribution is -2.33. The number of carbonyl (C=O) groups is 2. The van der Waals surface area contributed by atoms with E-state index < -0.39 is 0 Å². The molecule has 0 aliphatic carbocycles. The van der Waals surface area contributed by atoms with Gasteiger partial charge in [0.2, 0.25) is 5.91 Å². The van der Waals surface area contributed by atoms with Crippen LogP contribution in [0.3, 0.4) is 0 Å². The average Bonchev–Trinajstić information content (AvgIpc) is 2.83. The molecule has 1 unspecified atom stereocenters. The third-order valence-corrected chi connectivity index (χ3v) is 6.13. The monoisotopic (exact) mass is 435 g/mol. The first kappa shape index (κ1) is 23.8. The van der Waals surface area contributed by atoms with Gasteiger partial charge in [0.15, 0.2) is 0 Å². The molecule has 5 heteroatoms. The lowest BCUT2D eigenvalue weighted by atomic mass is 10.0. The third-order valence-electron chi connectivity index (χ3n) is 6.13. The van der Waals surface area contributed by atoms with E-state index in [4.69, 9.17) is 0 Å². The summed E-state index contributed by atoms with van der Waals surface area (Å²) < 4.78 is 0. The van der Waals surface area contributed by atoms with Gasteiger partial charge >= 0.3 is 0 Å². The Morgan fingerprint density at radius 1 is 0.969 bits per heavy atom. The van der Waals surface area contributed by atoms with E-state index >= 15 is 0 Å². The summed E-state index contributed by atoms with van der Waals surface area (Å²) in [6, 6.07) is 15.6. The van der Waals surface area contributed by atoms with Crippen molar-refractivity contribution in [3.8, 4) is 0 Å². The average molecular weight is 436 g/mol. The molecule has 1 atom stereocenters. The van der Waals surface area contributed by atoms with Gasteiger partial charge in [0.25, 0.3) is 5.91 Å². The molecule has 1 aliphatic rings. The Balaban J connectivity index is 1.76. The van der Waals surface area contributed by atoms with Crippen molar-refractivity contribution in [2.24, 2.45) is 0 Å². The normalized spacial score (nSPS) is 14.6. The predicted molar refractivity (Wildman–Crippen MR) is 132 cm³/mol. The van der Waals surface area contributed by atoms with E-state index in [2.05, 4.69) is 22.5 Å². The summed E-state index contributed by atoms with van der Waals surface area (Å²) in [7, 11) is 0. The van der Waals surface area contributed by atoms with E-state index in [1.165, 1.54) is 6.42 Å². The molecule has 1 heterocycles. The zero-order valence-electron chi connectivity index (χ0n) is 19.5. The van der Waals surface area contributed by atoms with Gasteiger partial charge in [0, 0.05) is 30.9 Å². The predicted octanol–water partition coefficient (Wildman–Crippen LogP) is 6.08. The molecule has 0 aromatic heterocycles. The van der Waals surface area contributed by atoms with Crippen molar-refractivity contribution in [2.45, 2.75) is 71.3 Å². The summed E-state index contributed by atoms with van der Waals surface area (Å²) >= 11 is 0. The number of hydrogen-bond donors (Lipinski definition) is 2. The first-order chi connectivity index (χ1) is 15.6. The minimum absolute atomic E-state index is 0.0100. The Hall–Kier alpha value is -2.82. The number of nitrogens with one attached hydrogen (secondary N) is 2. The first-order valence-electron chi connectivity index (χ1n) is 12.1. The molecule has 1 fully saturated rings. The molecule has 2 aromatic rings. The van der Waals surface area contributed by atoms with Crippen molar-refractivity contribution < 1.29 is 9.59 Å². The molecule has 2 N–H and O–H groups in total. The highest BCUT2D eigenvalue weighted by atomic mass is 16.2. The summed E-state index contributed by atoms with van der Waals surface area (Å²) in [4.78, 5) is 28.0. The molecular formula is C27H37N3O2. The van der Waals surface area contributed by atoms with E-state index in [1.807, 2.05) is 55.5 Å². The van der Waals surface area contributed by atoms with Crippen molar-refractivity contribution in [3.05, 3.63) is 59.7 Å². The van der Waals surface area contributed by atoms with E-state index in [0.29, 0.717) is 17.7 Å². The number of hydrogen-bond acceptors (Lipinski definition) is 3. The molecule has 3 rings (SSSR count). The van der Waals surface area contributed by atoms with Crippen LogP contribution in [-0.4, -0.2) is 24.9 Å². The standard InChI is InChI=1S/C27H37N3O2/c1-3-4-5-10-15-26(31)29-23-16-17-25(30-18-11-7-12-19-30)24(20-23)27(32)28-21(2)22-13-8-6-9-14-22/h6,8-9,13-14,16-17,20-21H,3-5,7,10-12,15,18-19H2,1-2H3,(H,28,32)(H,29,31). The fourth-order valence-electron chi connectivity index (χ4n) is 4.24. The maximum absolute atomic E-state index is 13.3. The van der Waals surface area contributed by atoms with Crippen LogP contribution in [0.5, 0.6) is 0 Å². The number of carbonyl (C=O) groups excluding carboxylic acids is 2. The zero-order chi connectivity index (χ0) is 22.8. The second-order valence-electron chi connectivity index (χ2n) is 8.74. The minimum atomic E-state index is -0.110. The van der Waals surface area contributed by atoms with Gasteiger partial charge in [-0.3, -0.25) is 9.59 Å². The van der Waals surface area contributed by atoms with Gasteiger partial charge in [0.05, 0.1) is 11.6 Å². The molecule has 1 saturated heterocycles. The SMILES string of the molecule is CCCCCCC(=O)Nc1ccc(N2CCCCC2)c(C(=O)NC(C)c2ccccc2)c1. The Morgan fingerprint density at radius 2 is 1.72 bits per heavy atom. The van der Waals surface area contributed by atoms with Crippen LogP contribution in [0, 0.1) is 0 Å². The topological polar surface area (TPSA) is 61.4 Å². The number of piperidine rings is 1. The molecule has 0 saturated carbocycles. The number of unbranched alkanes of at least 4 members (excludes halogenated alkanes) is 3.